The van der Waals surface area contributed by atoms with Crippen LogP contribution in [0.3, 0.4) is 0 Å². The van der Waals surface area contributed by atoms with E-state index >= 15 is 0 Å². The summed E-state index contributed by atoms with van der Waals surface area (Å²) in [6.45, 7) is 0. The lowest BCUT2D eigenvalue weighted by molar-refractivity contribution is -0.172. The maximum atomic E-state index is 12.1. The zero-order chi connectivity index (χ0) is 15.3. The Labute approximate surface area is 125 Å². The van der Waals surface area contributed by atoms with Gasteiger partial charge in [-0.1, -0.05) is 25.7 Å². The van der Waals surface area contributed by atoms with Gasteiger partial charge in [-0.05, 0) is 38.5 Å². The van der Waals surface area contributed by atoms with Crippen LogP contribution in [0.5, 0.6) is 0 Å². The van der Waals surface area contributed by atoms with Gasteiger partial charge in [0.2, 0.25) is 0 Å². The summed E-state index contributed by atoms with van der Waals surface area (Å²) in [5.74, 6) is -1.23. The maximum absolute atomic E-state index is 12.1. The molecule has 0 saturated heterocycles. The zero-order valence-corrected chi connectivity index (χ0v) is 12.6. The number of rotatable bonds is 5. The van der Waals surface area contributed by atoms with E-state index in [1.807, 2.05) is 0 Å². The van der Waals surface area contributed by atoms with Crippen LogP contribution in [-0.4, -0.2) is 23.3 Å². The Morgan fingerprint density at radius 1 is 0.952 bits per heavy atom. The van der Waals surface area contributed by atoms with Crippen molar-refractivity contribution in [2.75, 3.05) is 0 Å². The fourth-order valence-corrected chi connectivity index (χ4v) is 3.49. The van der Waals surface area contributed by atoms with Gasteiger partial charge >= 0.3 is 5.97 Å². The molecule has 2 fully saturated rings. The topological polar surface area (TPSA) is 86.5 Å². The second-order valence-electron chi connectivity index (χ2n) is 6.37. The molecule has 5 nitrogen and oxygen atoms in total. The number of nitrogens with two attached hydrogens (primary N) is 1. The SMILES string of the molecule is NC(=O)C1(OC(=O)CC(=O)C2CCCCC2)CCCCC1. The average molecular weight is 295 g/mol. The summed E-state index contributed by atoms with van der Waals surface area (Å²) in [6.07, 6.45) is 8.41. The minimum atomic E-state index is -1.18. The number of carbonyl (C=O) groups excluding carboxylic acids is 3. The smallest absolute Gasteiger partial charge is 0.314 e. The summed E-state index contributed by atoms with van der Waals surface area (Å²) < 4.78 is 5.37. The molecule has 2 saturated carbocycles. The number of amides is 1. The molecular weight excluding hydrogens is 270 g/mol. The summed E-state index contributed by atoms with van der Waals surface area (Å²) in [5, 5.41) is 0. The fourth-order valence-electron chi connectivity index (χ4n) is 3.49. The van der Waals surface area contributed by atoms with Crippen LogP contribution in [-0.2, 0) is 19.1 Å². The quantitative estimate of drug-likeness (QED) is 0.622. The second-order valence-corrected chi connectivity index (χ2v) is 6.37. The van der Waals surface area contributed by atoms with E-state index in [1.54, 1.807) is 0 Å². The first-order valence-corrected chi connectivity index (χ1v) is 8.08. The first kappa shape index (κ1) is 16.0. The molecule has 2 N–H and O–H groups in total. The van der Waals surface area contributed by atoms with Gasteiger partial charge in [0.25, 0.3) is 5.91 Å². The molecule has 2 aliphatic rings. The number of ketones is 1. The van der Waals surface area contributed by atoms with E-state index in [1.165, 1.54) is 6.42 Å². The first-order chi connectivity index (χ1) is 10.0. The van der Waals surface area contributed by atoms with Crippen LogP contribution < -0.4 is 5.73 Å². The molecule has 1 amide bonds. The van der Waals surface area contributed by atoms with Crippen molar-refractivity contribution in [2.24, 2.45) is 11.7 Å². The predicted molar refractivity (Wildman–Crippen MR) is 77.3 cm³/mol. The lowest BCUT2D eigenvalue weighted by Crippen LogP contribution is -2.49. The summed E-state index contributed by atoms with van der Waals surface area (Å²) in [4.78, 5) is 35.8. The summed E-state index contributed by atoms with van der Waals surface area (Å²) in [7, 11) is 0. The Hall–Kier alpha value is -1.39. The van der Waals surface area contributed by atoms with E-state index in [0.29, 0.717) is 12.8 Å². The highest BCUT2D eigenvalue weighted by Gasteiger charge is 2.42. The molecule has 0 bridgehead atoms. The Balaban J connectivity index is 1.90. The molecule has 21 heavy (non-hydrogen) atoms. The van der Waals surface area contributed by atoms with Crippen LogP contribution in [0.2, 0.25) is 0 Å². The van der Waals surface area contributed by atoms with Crippen molar-refractivity contribution >= 4 is 17.7 Å². The molecule has 0 radical (unpaired) electrons. The van der Waals surface area contributed by atoms with Gasteiger partial charge in [0, 0.05) is 5.92 Å². The van der Waals surface area contributed by atoms with Gasteiger partial charge < -0.3 is 10.5 Å². The number of ether oxygens (including phenoxy) is 1. The summed E-state index contributed by atoms with van der Waals surface area (Å²) >= 11 is 0. The van der Waals surface area contributed by atoms with Crippen LogP contribution in [0.25, 0.3) is 0 Å². The van der Waals surface area contributed by atoms with Crippen LogP contribution >= 0.6 is 0 Å². The van der Waals surface area contributed by atoms with Crippen molar-refractivity contribution in [2.45, 2.75) is 76.2 Å². The van der Waals surface area contributed by atoms with Crippen LogP contribution in [0, 0.1) is 5.92 Å². The molecule has 2 rings (SSSR count). The molecule has 0 heterocycles. The van der Waals surface area contributed by atoms with E-state index in [4.69, 9.17) is 10.5 Å². The molecule has 2 aliphatic carbocycles. The van der Waals surface area contributed by atoms with E-state index in [2.05, 4.69) is 0 Å². The normalized spacial score (nSPS) is 22.5. The molecule has 5 heteroatoms. The lowest BCUT2D eigenvalue weighted by Gasteiger charge is -2.33. The number of carbonyl (C=O) groups is 3. The summed E-state index contributed by atoms with van der Waals surface area (Å²) in [5.41, 5.74) is 4.24. The second kappa shape index (κ2) is 7.05. The third-order valence-electron chi connectivity index (χ3n) is 4.80. The van der Waals surface area contributed by atoms with Crippen molar-refractivity contribution in [1.82, 2.24) is 0 Å². The highest BCUT2D eigenvalue weighted by Crippen LogP contribution is 2.32. The first-order valence-electron chi connectivity index (χ1n) is 8.08. The number of hydrogen-bond donors (Lipinski definition) is 1. The fraction of sp³-hybridized carbons (Fsp3) is 0.812. The van der Waals surface area contributed by atoms with Crippen molar-refractivity contribution in [3.05, 3.63) is 0 Å². The minimum Gasteiger partial charge on any atom is -0.449 e. The van der Waals surface area contributed by atoms with E-state index in [9.17, 15) is 14.4 Å². The van der Waals surface area contributed by atoms with Gasteiger partial charge in [-0.3, -0.25) is 14.4 Å². The van der Waals surface area contributed by atoms with Crippen molar-refractivity contribution in [1.29, 1.82) is 0 Å². The maximum Gasteiger partial charge on any atom is 0.314 e. The van der Waals surface area contributed by atoms with Crippen molar-refractivity contribution < 1.29 is 19.1 Å². The van der Waals surface area contributed by atoms with Gasteiger partial charge in [-0.25, -0.2) is 0 Å². The van der Waals surface area contributed by atoms with Gasteiger partial charge in [0.15, 0.2) is 5.60 Å². The van der Waals surface area contributed by atoms with Crippen LogP contribution in [0.15, 0.2) is 0 Å². The molecule has 0 unspecified atom stereocenters. The Kier molecular flexibility index (Phi) is 5.37. The molecule has 0 aliphatic heterocycles. The largest absolute Gasteiger partial charge is 0.449 e. The molecular formula is C16H25NO4. The Morgan fingerprint density at radius 3 is 2.10 bits per heavy atom. The van der Waals surface area contributed by atoms with E-state index in [0.717, 1.165) is 44.9 Å². The third kappa shape index (κ3) is 4.05. The predicted octanol–water partition coefficient (Wildman–Crippen LogP) is 2.26. The molecule has 0 spiro atoms. The number of primary amides is 1. The third-order valence-corrected chi connectivity index (χ3v) is 4.80. The van der Waals surface area contributed by atoms with Gasteiger partial charge in [-0.2, -0.15) is 0 Å². The Morgan fingerprint density at radius 2 is 1.52 bits per heavy atom. The molecule has 0 aromatic rings. The molecule has 0 atom stereocenters. The number of esters is 1. The Bertz CT molecular complexity index is 407. The highest BCUT2D eigenvalue weighted by atomic mass is 16.6. The monoisotopic (exact) mass is 295 g/mol. The van der Waals surface area contributed by atoms with Crippen LogP contribution in [0.1, 0.15) is 70.6 Å². The zero-order valence-electron chi connectivity index (χ0n) is 12.6. The molecule has 0 aromatic carbocycles. The number of hydrogen-bond acceptors (Lipinski definition) is 4. The van der Waals surface area contributed by atoms with E-state index < -0.39 is 17.5 Å². The van der Waals surface area contributed by atoms with Crippen molar-refractivity contribution in [3.63, 3.8) is 0 Å². The summed E-state index contributed by atoms with van der Waals surface area (Å²) in [6, 6.07) is 0. The number of Topliss-reactive ketones (excluding diaryl/α,β-unsaturated/α-hetero) is 1. The molecule has 0 aromatic heterocycles. The van der Waals surface area contributed by atoms with Crippen LogP contribution in [0.4, 0.5) is 0 Å². The minimum absolute atomic E-state index is 0.0119. The molecule has 118 valence electrons. The highest BCUT2D eigenvalue weighted by molar-refractivity contribution is 5.98. The standard InChI is InChI=1S/C16H25NO4/c17-15(20)16(9-5-2-6-10-16)21-14(19)11-13(18)12-7-3-1-4-8-12/h12H,1-11H2,(H2,17,20). The lowest BCUT2D eigenvalue weighted by atomic mass is 9.83. The van der Waals surface area contributed by atoms with Gasteiger partial charge in [0.05, 0.1) is 0 Å². The average Bonchev–Trinajstić information content (AvgIpc) is 2.48. The van der Waals surface area contributed by atoms with Crippen molar-refractivity contribution in [3.8, 4) is 0 Å². The van der Waals surface area contributed by atoms with Gasteiger partial charge in [-0.15, -0.1) is 0 Å². The van der Waals surface area contributed by atoms with E-state index in [-0.39, 0.29) is 18.1 Å². The van der Waals surface area contributed by atoms with Gasteiger partial charge in [0.1, 0.15) is 12.2 Å².